The second-order valence-corrected chi connectivity index (χ2v) is 27.9. The van der Waals surface area contributed by atoms with Crippen LogP contribution in [0.4, 0.5) is 4.39 Å². The Kier molecular flexibility index (Phi) is 50.0. The van der Waals surface area contributed by atoms with E-state index < -0.39 is 145 Å². The van der Waals surface area contributed by atoms with E-state index in [9.17, 15) is 71.8 Å². The van der Waals surface area contributed by atoms with E-state index in [2.05, 4.69) is 73.9 Å². The summed E-state index contributed by atoms with van der Waals surface area (Å²) in [6.07, 6.45) is 0.486. The van der Waals surface area contributed by atoms with E-state index >= 15 is 0 Å². The van der Waals surface area contributed by atoms with E-state index in [0.717, 1.165) is 33.3 Å². The number of carboxylic acid groups (broad SMARTS) is 1. The molecule has 0 radical (unpaired) electrons. The van der Waals surface area contributed by atoms with Gasteiger partial charge in [0.05, 0.1) is 111 Å². The molecule has 0 aromatic heterocycles. The number of unbranched alkanes of at least 4 members (excludes halogenated alkanes) is 1. The number of ether oxygens (including phenoxy) is 8. The number of carboxylic acids is 1. The van der Waals surface area contributed by atoms with E-state index in [4.69, 9.17) is 54.2 Å². The summed E-state index contributed by atoms with van der Waals surface area (Å²) in [5, 5.41) is 44.6. The molecular formula is C69H105FN16O23S3. The van der Waals surface area contributed by atoms with E-state index in [1.807, 2.05) is 6.92 Å². The van der Waals surface area contributed by atoms with Crippen molar-refractivity contribution in [2.24, 2.45) is 21.6 Å². The number of fused-ring (bicyclic) bond motifs is 5. The van der Waals surface area contributed by atoms with Crippen molar-refractivity contribution in [1.29, 1.82) is 0 Å². The maximum atomic E-state index is 14.6. The van der Waals surface area contributed by atoms with Crippen LogP contribution < -0.4 is 75.3 Å². The Labute approximate surface area is 659 Å². The third kappa shape index (κ3) is 44.9. The molecule has 0 saturated carbocycles. The summed E-state index contributed by atoms with van der Waals surface area (Å²) in [6.45, 7) is 4.10. The summed E-state index contributed by atoms with van der Waals surface area (Å²) in [4.78, 5) is 186. The summed E-state index contributed by atoms with van der Waals surface area (Å²) in [5.74, 6) is -13.1. The van der Waals surface area contributed by atoms with Crippen molar-refractivity contribution in [1.82, 2.24) is 63.8 Å². The first kappa shape index (κ1) is 95.3. The van der Waals surface area contributed by atoms with Gasteiger partial charge in [-0.3, -0.25) is 67.3 Å². The number of nitrogens with two attached hydrogens (primary N) is 2. The van der Waals surface area contributed by atoms with Crippen LogP contribution >= 0.6 is 33.3 Å². The Balaban J connectivity index is 1.33. The fraction of sp³-hybridized carbons (Fsp3) is 0.609. The number of oxime groups is 1. The van der Waals surface area contributed by atoms with Gasteiger partial charge in [0.1, 0.15) is 61.3 Å². The van der Waals surface area contributed by atoms with Gasteiger partial charge in [0.15, 0.2) is 12.6 Å². The number of amides is 12. The lowest BCUT2D eigenvalue weighted by Crippen LogP contribution is -2.60. The molecule has 0 unspecified atom stereocenters. The highest BCUT2D eigenvalue weighted by molar-refractivity contribution is 8.76. The van der Waals surface area contributed by atoms with Crippen LogP contribution in [0.15, 0.2) is 64.7 Å². The predicted molar refractivity (Wildman–Crippen MR) is 409 cm³/mol. The fourth-order valence-electron chi connectivity index (χ4n) is 9.74. The molecule has 0 aliphatic carbocycles. The Bertz CT molecular complexity index is 3290. The molecule has 2 aromatic rings. The van der Waals surface area contributed by atoms with Crippen LogP contribution in [0.5, 0.6) is 0 Å². The number of hydrogen-bond acceptors (Lipinski definition) is 27. The topological polar surface area (TPSA) is 546 Å². The van der Waals surface area contributed by atoms with Crippen molar-refractivity contribution in [2.45, 2.75) is 94.2 Å². The molecule has 7 atom stereocenters. The molecule has 43 heteroatoms. The molecule has 2 aliphatic heterocycles. The second-order valence-electron chi connectivity index (χ2n) is 24.3. The predicted octanol–water partition coefficient (Wildman–Crippen LogP) is -4.61. The molecule has 2 aliphatic rings. The van der Waals surface area contributed by atoms with Crippen LogP contribution in [0.25, 0.3) is 0 Å². The number of halogens is 1. The van der Waals surface area contributed by atoms with Crippen LogP contribution in [-0.2, 0) is 111 Å². The minimum absolute atomic E-state index is 0.00557. The Morgan fingerprint density at radius 2 is 1.03 bits per heavy atom. The lowest BCUT2D eigenvalue weighted by atomic mass is 10.0. The van der Waals surface area contributed by atoms with Gasteiger partial charge in [-0.1, -0.05) is 69.2 Å². The number of carbonyl (C=O) groups excluding carboxylic acids is 12. The number of rotatable bonds is 47. The smallest absolute Gasteiger partial charge is 0.305 e. The molecule has 2 fully saturated rings. The summed E-state index contributed by atoms with van der Waals surface area (Å²) >= 11 is 0.899. The van der Waals surface area contributed by atoms with Crippen molar-refractivity contribution in [3.05, 3.63) is 71.5 Å². The molecule has 2 saturated heterocycles. The molecule has 2 aromatic carbocycles. The van der Waals surface area contributed by atoms with Crippen molar-refractivity contribution in [2.75, 3.05) is 175 Å². The van der Waals surface area contributed by atoms with E-state index in [-0.39, 0.29) is 152 Å². The molecule has 112 heavy (non-hydrogen) atoms. The first-order valence-electron chi connectivity index (χ1n) is 36.2. The second kappa shape index (κ2) is 58.8. The monoisotopic (exact) mass is 1640 g/mol. The SMILES string of the molecule is CCOCCOCCNC(=O)[C@@H]1CSCC(=O)N[C@@H](CCCCNC(=O)COCC(=O)NCCOCCOCCOCCOCCOCCNC(=O)CON=Cc2ccc([18F])cc2)C(=O)N[C@H]2CSSC[C@H](NC(=O)[C@H](CC(=O)O)NC(=O)CNC(=O)[C@H](CCCN=C(N)N)NC2=O)C(=O)N[C@@H](Cc2ccccc2)C(=O)N1. The summed E-state index contributed by atoms with van der Waals surface area (Å²) in [6, 6.07) is 3.46. The van der Waals surface area contributed by atoms with Crippen molar-refractivity contribution in [3.8, 4) is 0 Å². The van der Waals surface area contributed by atoms with Crippen molar-refractivity contribution >= 4 is 122 Å². The third-order valence-electron chi connectivity index (χ3n) is 15.4. The number of carbonyl (C=O) groups is 13. The molecule has 4 rings (SSSR count). The maximum absolute atomic E-state index is 14.6. The number of aliphatic imine (C=N–C) groups is 1. The normalized spacial score (nSPS) is 19.3. The molecule has 2 bridgehead atoms. The van der Waals surface area contributed by atoms with E-state index in [1.54, 1.807) is 30.3 Å². The highest BCUT2D eigenvalue weighted by Crippen LogP contribution is 2.24. The maximum Gasteiger partial charge on any atom is 0.305 e. The quantitative estimate of drug-likeness (QED) is 0.00975. The number of aliphatic carboxylic acids is 1. The summed E-state index contributed by atoms with van der Waals surface area (Å²) in [5.41, 5.74) is 12.2. The average molecular weight is 1640 g/mol. The lowest BCUT2D eigenvalue weighted by Gasteiger charge is -2.27. The van der Waals surface area contributed by atoms with Crippen LogP contribution in [0, 0.1) is 5.82 Å². The Morgan fingerprint density at radius 1 is 0.527 bits per heavy atom. The van der Waals surface area contributed by atoms with Gasteiger partial charge in [-0.15, -0.1) is 11.8 Å². The van der Waals surface area contributed by atoms with Crippen LogP contribution in [-0.4, -0.2) is 311 Å². The van der Waals surface area contributed by atoms with Gasteiger partial charge >= 0.3 is 5.97 Å². The fourth-order valence-corrected chi connectivity index (χ4v) is 12.9. The number of nitrogens with zero attached hydrogens (tertiary/aromatic N) is 2. The first-order chi connectivity index (χ1) is 54.1. The Hall–Kier alpha value is -9.05. The number of nitrogens with one attached hydrogen (secondary N) is 12. The van der Waals surface area contributed by atoms with Crippen LogP contribution in [0.2, 0.25) is 0 Å². The Morgan fingerprint density at radius 3 is 1.60 bits per heavy atom. The summed E-state index contributed by atoms with van der Waals surface area (Å²) in [7, 11) is 1.82. The third-order valence-corrected chi connectivity index (χ3v) is 18.8. The number of hydrogen-bond donors (Lipinski definition) is 15. The number of benzene rings is 2. The van der Waals surface area contributed by atoms with Gasteiger partial charge in [-0.05, 0) is 62.3 Å². The van der Waals surface area contributed by atoms with Crippen molar-refractivity contribution < 1.29 is 115 Å². The highest BCUT2D eigenvalue weighted by Gasteiger charge is 2.35. The highest BCUT2D eigenvalue weighted by atomic mass is 33.1. The lowest BCUT2D eigenvalue weighted by molar-refractivity contribution is -0.141. The van der Waals surface area contributed by atoms with Gasteiger partial charge < -0.3 is 123 Å². The molecule has 17 N–H and O–H groups in total. The number of guanidine groups is 1. The zero-order valence-corrected chi connectivity index (χ0v) is 64.9. The van der Waals surface area contributed by atoms with Gasteiger partial charge in [0.2, 0.25) is 65.0 Å². The average Bonchev–Trinajstić information content (AvgIpc) is 1.09. The van der Waals surface area contributed by atoms with Crippen LogP contribution in [0.3, 0.4) is 0 Å². The zero-order valence-electron chi connectivity index (χ0n) is 62.4. The molecule has 624 valence electrons. The largest absolute Gasteiger partial charge is 0.481 e. The van der Waals surface area contributed by atoms with E-state index in [1.165, 1.54) is 30.5 Å². The molecular weight excluding hydrogens is 1540 g/mol. The molecule has 2 heterocycles. The van der Waals surface area contributed by atoms with Gasteiger partial charge in [0, 0.05) is 63.0 Å². The van der Waals surface area contributed by atoms with Crippen LogP contribution in [0.1, 0.15) is 56.6 Å². The zero-order chi connectivity index (χ0) is 81.4. The van der Waals surface area contributed by atoms with Gasteiger partial charge in [0.25, 0.3) is 5.91 Å². The standard InChI is InChI=1S/C69H105FN16O23S3/c1-2-101-25-26-104-24-21-76-63(95)53-42-110-45-60(91)80-50(11-6-7-17-73-57(88)39-108-40-58(89)74-19-22-102-27-29-105-31-33-107-34-32-106-30-28-103-23-20-75-59(90)41-109-79-37-47-13-15-48(70)16-14-47)64(96)85-54-43-111-112-44-55(68(100)83-51(65(97)84-53)35-46-9-4-3-5-10-46)86-66(98)52(36-61(92)93)81-56(87)38-78-62(94)49(82-67(54)99)12-8-18-77-69(71)72/h3-5,9-10,13-16,37,49-55H,2,6-8,11-12,17-36,38-45H2,1H3,(H,73,88)(H,74,89)(H,75,90)(H,76,95)(H,78,94)(H,80,91)(H,81,87)(H,82,99)(H,83,100)(H,84,97)(H,85,96)(H,86,98)(H,92,93)(H4,71,72,77)/t49-,50-,51-,52-,53-,54-,55-/m0/s1/i70-1. The first-order valence-corrected chi connectivity index (χ1v) is 39.9. The van der Waals surface area contributed by atoms with Crippen molar-refractivity contribution in [3.63, 3.8) is 0 Å². The molecule has 12 amide bonds. The summed E-state index contributed by atoms with van der Waals surface area (Å²) < 4.78 is 56.5. The molecule has 39 nitrogen and oxygen atoms in total. The number of thioether (sulfide) groups is 1. The van der Waals surface area contributed by atoms with E-state index in [0.29, 0.717) is 64.0 Å². The minimum Gasteiger partial charge on any atom is -0.481 e. The molecule has 0 spiro atoms. The van der Waals surface area contributed by atoms with Gasteiger partial charge in [-0.2, -0.15) is 0 Å². The van der Waals surface area contributed by atoms with Gasteiger partial charge in [-0.25, -0.2) is 4.39 Å². The minimum atomic E-state index is -1.83.